The number of ketones is 2. The van der Waals surface area contributed by atoms with Crippen molar-refractivity contribution in [3.8, 4) is 0 Å². The molecule has 10 amide bonds. The lowest BCUT2D eigenvalue weighted by Crippen LogP contribution is -2.61. The van der Waals surface area contributed by atoms with E-state index in [4.69, 9.17) is 44.6 Å². The van der Waals surface area contributed by atoms with Gasteiger partial charge in [0, 0.05) is 102 Å². The Hall–Kier alpha value is -13.6. The molecule has 0 aliphatic carbocycles. The predicted molar refractivity (Wildman–Crippen MR) is 488 cm³/mol. The van der Waals surface area contributed by atoms with Crippen LogP contribution in [0, 0.1) is 33.5 Å². The fraction of sp³-hybridized carbons (Fsp3) is 0.435. The maximum atomic E-state index is 15.5. The molecule has 35 heteroatoms. The van der Waals surface area contributed by atoms with Crippen LogP contribution in [-0.4, -0.2) is 195 Å². The molecular weight excluding hydrogens is 1620 g/mol. The largest absolute Gasteiger partial charge is 0.370 e. The summed E-state index contributed by atoms with van der Waals surface area (Å²) in [5.74, 6) is -9.78. The average molecular weight is 1750 g/mol. The summed E-state index contributed by atoms with van der Waals surface area (Å²) < 4.78 is 0. The highest BCUT2D eigenvalue weighted by Crippen LogP contribution is 2.19. The number of hydrogen-bond donors (Lipinski definition) is 23. The Morgan fingerprint density at radius 1 is 0.268 bits per heavy atom. The maximum absolute atomic E-state index is 15.5. The molecule has 10 unspecified atom stereocenters. The summed E-state index contributed by atoms with van der Waals surface area (Å²) in [5.41, 5.74) is 26.1. The van der Waals surface area contributed by atoms with E-state index in [-0.39, 0.29) is 164 Å². The molecular formula is C92H129N23O12. The van der Waals surface area contributed by atoms with Gasteiger partial charge < -0.3 is 103 Å². The molecule has 35 nitrogen and oxygen atoms in total. The number of unbranched alkanes of at least 4 members (excludes halogenated alkanes) is 2. The molecule has 10 atom stereocenters. The van der Waals surface area contributed by atoms with Crippen LogP contribution in [0.1, 0.15) is 137 Å². The van der Waals surface area contributed by atoms with Crippen molar-refractivity contribution in [1.29, 1.82) is 21.6 Å². The van der Waals surface area contributed by atoms with Gasteiger partial charge in [0.05, 0.1) is 12.1 Å². The first-order chi connectivity index (χ1) is 61.0. The van der Waals surface area contributed by atoms with Gasteiger partial charge in [0.1, 0.15) is 48.1 Å². The summed E-state index contributed by atoms with van der Waals surface area (Å²) in [6, 6.07) is 40.4. The second-order valence-electron chi connectivity index (χ2n) is 31.6. The number of hydrogen-bond acceptors (Lipinski definition) is 17. The summed E-state index contributed by atoms with van der Waals surface area (Å²) in [5, 5.41) is 73.6. The zero-order chi connectivity index (χ0) is 92.3. The zero-order valence-corrected chi connectivity index (χ0v) is 72.8. The molecule has 127 heavy (non-hydrogen) atoms. The molecule has 6 rings (SSSR count). The smallest absolute Gasteiger partial charge is 0.243 e. The number of nitrogens with two attached hydrogens (primary N) is 4. The molecule has 6 aromatic rings. The highest BCUT2D eigenvalue weighted by Gasteiger charge is 2.37. The quantitative estimate of drug-likeness (QED) is 0.0147. The molecule has 6 aromatic carbocycles. The SMILES string of the molecule is CNC(CCCNC(=N)N)C(=O)NC(Cc1ccccc1)C(=O)NC(Cc1ccccc1)C(=O)NC(CCCNC(=N)N)C(=O)NC(Cc1ccccc1)C(=O)NC(Cc1ccccc1)C(=O)NC(CCCNC(=N)N)C(=O)NC(Cc1ccccc1)C(=O)NC(Cc1ccccc1)C(=O)CC(CCCNC(=N)N)C(=O)NCCCCCC(=O)NCCC(=O)C(C)C. The van der Waals surface area contributed by atoms with Crippen LogP contribution < -0.4 is 103 Å². The van der Waals surface area contributed by atoms with E-state index in [1.165, 1.54) is 0 Å². The van der Waals surface area contributed by atoms with Gasteiger partial charge in [-0.25, -0.2) is 0 Å². The molecule has 0 spiro atoms. The van der Waals surface area contributed by atoms with Crippen LogP contribution in [0.3, 0.4) is 0 Å². The normalized spacial score (nSPS) is 13.3. The van der Waals surface area contributed by atoms with Gasteiger partial charge in [-0.15, -0.1) is 0 Å². The third-order valence-electron chi connectivity index (χ3n) is 21.0. The minimum Gasteiger partial charge on any atom is -0.370 e. The highest BCUT2D eigenvalue weighted by atomic mass is 16.2. The Bertz CT molecular complexity index is 4500. The first kappa shape index (κ1) is 102. The second-order valence-corrected chi connectivity index (χ2v) is 31.6. The van der Waals surface area contributed by atoms with Crippen molar-refractivity contribution >= 4 is 94.5 Å². The number of amides is 10. The van der Waals surface area contributed by atoms with Gasteiger partial charge in [0.2, 0.25) is 59.1 Å². The van der Waals surface area contributed by atoms with Crippen LogP contribution in [0.4, 0.5) is 0 Å². The van der Waals surface area contributed by atoms with Crippen molar-refractivity contribution in [3.05, 3.63) is 215 Å². The van der Waals surface area contributed by atoms with Crippen molar-refractivity contribution in [3.63, 3.8) is 0 Å². The van der Waals surface area contributed by atoms with Crippen molar-refractivity contribution in [1.82, 2.24) is 79.8 Å². The van der Waals surface area contributed by atoms with E-state index < -0.39 is 119 Å². The van der Waals surface area contributed by atoms with E-state index in [2.05, 4.69) is 79.8 Å². The second kappa shape index (κ2) is 57.0. The predicted octanol–water partition coefficient (Wildman–Crippen LogP) is 1.95. The number of carbonyl (C=O) groups excluding carboxylic acids is 12. The van der Waals surface area contributed by atoms with Crippen LogP contribution in [-0.2, 0) is 96.1 Å². The molecule has 0 saturated carbocycles. The molecule has 27 N–H and O–H groups in total. The Labute approximate surface area is 742 Å². The Balaban J connectivity index is 1.30. The number of nitrogens with one attached hydrogen (secondary N) is 19. The highest BCUT2D eigenvalue weighted by molar-refractivity contribution is 5.99. The Morgan fingerprint density at radius 2 is 0.528 bits per heavy atom. The van der Waals surface area contributed by atoms with E-state index >= 15 is 33.6 Å². The molecule has 0 aliphatic rings. The third-order valence-corrected chi connectivity index (χ3v) is 21.0. The van der Waals surface area contributed by atoms with Crippen molar-refractivity contribution in [2.24, 2.45) is 34.8 Å². The zero-order valence-electron chi connectivity index (χ0n) is 72.8. The summed E-state index contributed by atoms with van der Waals surface area (Å²) in [7, 11) is 1.60. The van der Waals surface area contributed by atoms with E-state index in [0.717, 1.165) is 0 Å². The van der Waals surface area contributed by atoms with E-state index in [1.807, 2.05) is 0 Å². The van der Waals surface area contributed by atoms with Gasteiger partial charge in [-0.1, -0.05) is 202 Å². The molecule has 0 saturated heterocycles. The first-order valence-corrected chi connectivity index (χ1v) is 43.3. The van der Waals surface area contributed by atoms with E-state index in [0.29, 0.717) is 78.5 Å². The fourth-order valence-electron chi connectivity index (χ4n) is 14.0. The molecule has 0 bridgehead atoms. The van der Waals surface area contributed by atoms with E-state index in [9.17, 15) is 24.0 Å². The third kappa shape index (κ3) is 40.7. The van der Waals surface area contributed by atoms with Crippen molar-refractivity contribution < 1.29 is 57.5 Å². The van der Waals surface area contributed by atoms with Crippen molar-refractivity contribution in [2.45, 2.75) is 197 Å². The van der Waals surface area contributed by atoms with Gasteiger partial charge in [-0.3, -0.25) is 79.2 Å². The summed E-state index contributed by atoms with van der Waals surface area (Å²) >= 11 is 0. The Kier molecular flexibility index (Phi) is 45.9. The first-order valence-electron chi connectivity index (χ1n) is 43.3. The van der Waals surface area contributed by atoms with Crippen LogP contribution in [0.2, 0.25) is 0 Å². The maximum Gasteiger partial charge on any atom is 0.243 e. The van der Waals surface area contributed by atoms with Gasteiger partial charge in [0.15, 0.2) is 29.6 Å². The number of Topliss-reactive ketones (excluding diaryl/α,β-unsaturated/α-hetero) is 2. The fourth-order valence-corrected chi connectivity index (χ4v) is 14.0. The van der Waals surface area contributed by atoms with Crippen LogP contribution >= 0.6 is 0 Å². The number of rotatable bonds is 59. The van der Waals surface area contributed by atoms with Crippen LogP contribution in [0.25, 0.3) is 0 Å². The number of guanidine groups is 4. The van der Waals surface area contributed by atoms with Crippen LogP contribution in [0.5, 0.6) is 0 Å². The lowest BCUT2D eigenvalue weighted by atomic mass is 9.90. The topological polar surface area (TPSA) is 585 Å². The average Bonchev–Trinajstić information content (AvgIpc) is 0.835. The molecule has 684 valence electrons. The number of likely N-dealkylation sites (N-methyl/N-ethyl adjacent to an activating group) is 1. The lowest BCUT2D eigenvalue weighted by molar-refractivity contribution is -0.136. The van der Waals surface area contributed by atoms with Gasteiger partial charge in [0.25, 0.3) is 0 Å². The molecule has 0 heterocycles. The van der Waals surface area contributed by atoms with Gasteiger partial charge in [-0.2, -0.15) is 0 Å². The molecule has 0 aromatic heterocycles. The molecule has 0 aliphatic heterocycles. The summed E-state index contributed by atoms with van der Waals surface area (Å²) in [6.45, 7) is 4.70. The minimum atomic E-state index is -1.52. The Morgan fingerprint density at radius 3 is 0.827 bits per heavy atom. The number of carbonyl (C=O) groups is 12. The van der Waals surface area contributed by atoms with Gasteiger partial charge in [-0.05, 0) is 111 Å². The molecule has 0 radical (unpaired) electrons. The van der Waals surface area contributed by atoms with Crippen LogP contribution in [0.15, 0.2) is 182 Å². The summed E-state index contributed by atoms with van der Waals surface area (Å²) in [6.07, 6.45) is 2.27. The standard InChI is InChI=1S/C92H129N23O12/c1-60(2)77(116)46-52-102-79(118)45-23-10-24-47-103-80(119)67(41-25-48-104-89(93)94)59-78(117)71(53-61-29-11-4-12-30-61)110-86(125)74(56-64-35-17-7-18-36-64)112-82(121)69(43-27-50-106-91(97)98)108-85(124)73(55-63-33-15-6-16-34-63)115-88(127)76(58-66-39-21-9-22-40-66)113-83(122)70(44-28-51-107-92(99)100)109-84(123)72(54-62-31-13-5-14-32-62)114-87(126)75(57-65-37-19-8-20-38-65)111-81(120)68(101-3)42-26-49-105-90(95)96/h4-9,11-22,29-40,60,67-76,101H,10,23-28,41-59H2,1-3H3,(H,102,118)(H,103,119)(H,108,124)(H,109,123)(H,110,125)(H,111,120)(H,112,121)(H,113,122)(H,114,126)(H,115,127)(H4,93,94,104)(H4,95,96,105)(H4,97,98,106)(H4,99,100,107). The monoisotopic (exact) mass is 1750 g/mol. The van der Waals surface area contributed by atoms with Crippen molar-refractivity contribution in [2.75, 3.05) is 46.3 Å². The lowest BCUT2D eigenvalue weighted by Gasteiger charge is -2.29. The summed E-state index contributed by atoms with van der Waals surface area (Å²) in [4.78, 5) is 175. The molecule has 0 fully saturated rings. The van der Waals surface area contributed by atoms with Gasteiger partial charge >= 0.3 is 0 Å². The van der Waals surface area contributed by atoms with E-state index in [1.54, 1.807) is 203 Å². The minimum absolute atomic E-state index is 0.00290. The number of benzene rings is 6.